The number of carbonyl (C=O) groups is 1. The van der Waals surface area contributed by atoms with Gasteiger partial charge in [0.1, 0.15) is 6.10 Å². The van der Waals surface area contributed by atoms with Crippen molar-refractivity contribution < 1.29 is 14.6 Å². The summed E-state index contributed by atoms with van der Waals surface area (Å²) in [6, 6.07) is 9.49. The van der Waals surface area contributed by atoms with E-state index in [0.29, 0.717) is 48.8 Å². The van der Waals surface area contributed by atoms with Gasteiger partial charge in [-0.25, -0.2) is 15.0 Å². The number of nitrogens with zero attached hydrogens (tertiary/aromatic N) is 7. The summed E-state index contributed by atoms with van der Waals surface area (Å²) in [5, 5.41) is 23.7. The van der Waals surface area contributed by atoms with Crippen LogP contribution < -0.4 is 20.7 Å². The van der Waals surface area contributed by atoms with Gasteiger partial charge in [0.15, 0.2) is 5.82 Å². The summed E-state index contributed by atoms with van der Waals surface area (Å²) < 4.78 is 7.86. The van der Waals surface area contributed by atoms with Crippen LogP contribution in [0.3, 0.4) is 0 Å². The van der Waals surface area contributed by atoms with E-state index in [0.717, 1.165) is 46.4 Å². The van der Waals surface area contributed by atoms with E-state index in [4.69, 9.17) is 14.8 Å². The molecule has 1 aromatic carbocycles. The van der Waals surface area contributed by atoms with Crippen molar-refractivity contribution in [3.63, 3.8) is 0 Å². The topological polar surface area (TPSA) is 171 Å². The van der Waals surface area contributed by atoms with Crippen LogP contribution in [0.5, 0.6) is 5.88 Å². The summed E-state index contributed by atoms with van der Waals surface area (Å²) in [6.07, 6.45) is 6.66. The summed E-state index contributed by atoms with van der Waals surface area (Å²) in [4.78, 5) is 36.4. The molecule has 45 heavy (non-hydrogen) atoms. The van der Waals surface area contributed by atoms with Crippen molar-refractivity contribution in [2.24, 2.45) is 7.05 Å². The van der Waals surface area contributed by atoms with E-state index in [-0.39, 0.29) is 25.2 Å². The summed E-state index contributed by atoms with van der Waals surface area (Å²) in [7, 11) is 1.89. The van der Waals surface area contributed by atoms with Gasteiger partial charge in [0.25, 0.3) is 0 Å². The Hall–Kier alpha value is -5.08. The first-order valence-corrected chi connectivity index (χ1v) is 14.9. The molecule has 6 rings (SSSR count). The first-order chi connectivity index (χ1) is 21.9. The minimum absolute atomic E-state index is 0.0791. The Balaban J connectivity index is 1.09. The molecular weight excluding hydrogens is 574 g/mol. The van der Waals surface area contributed by atoms with Crippen LogP contribution in [0.15, 0.2) is 48.9 Å². The fourth-order valence-corrected chi connectivity index (χ4v) is 5.34. The first-order valence-electron chi connectivity index (χ1n) is 14.9. The lowest BCUT2D eigenvalue weighted by Gasteiger charge is -2.17. The Morgan fingerprint density at radius 3 is 2.89 bits per heavy atom. The number of fused-ring (bicyclic) bond motifs is 1. The Labute approximate surface area is 260 Å². The van der Waals surface area contributed by atoms with Crippen LogP contribution in [0.1, 0.15) is 24.1 Å². The normalized spacial score (nSPS) is 15.0. The number of ether oxygens (including phenoxy) is 1. The molecule has 1 aliphatic heterocycles. The van der Waals surface area contributed by atoms with Crippen LogP contribution in [0, 0.1) is 13.8 Å². The van der Waals surface area contributed by atoms with E-state index in [1.807, 2.05) is 51.4 Å². The van der Waals surface area contributed by atoms with Gasteiger partial charge >= 0.3 is 0 Å². The zero-order valence-electron chi connectivity index (χ0n) is 25.5. The van der Waals surface area contributed by atoms with Crippen LogP contribution in [0.25, 0.3) is 22.2 Å². The minimum atomic E-state index is -0.105. The van der Waals surface area contributed by atoms with E-state index in [9.17, 15) is 4.79 Å². The molecule has 1 unspecified atom stereocenters. The molecule has 1 atom stereocenters. The Bertz CT molecular complexity index is 1780. The van der Waals surface area contributed by atoms with Crippen molar-refractivity contribution in [3.8, 4) is 17.1 Å². The lowest BCUT2D eigenvalue weighted by Crippen LogP contribution is -2.33. The third-order valence-electron chi connectivity index (χ3n) is 7.70. The van der Waals surface area contributed by atoms with Gasteiger partial charge in [0.2, 0.25) is 23.7 Å². The highest BCUT2D eigenvalue weighted by atomic mass is 16.5. The van der Waals surface area contributed by atoms with Crippen LogP contribution in [-0.2, 0) is 11.8 Å². The molecule has 4 aromatic heterocycles. The standard InChI is InChI=1S/C31H37N11O3/c1-19-15-35-31(37-25-14-20(2)41(3)40-25)39-28(19)23-16-34-29-22(23)6-4-7-24(29)36-26(44)18-42-12-9-21(17-42)45-27-8-11-33-30(38-27)32-10-5-13-43/h4,6-8,11,14-16,21,34,43H,5,9-10,12-13,17-18H2,1-3H3,(H,36,44)(H,32,33,38)(H,35,37,39,40). The third kappa shape index (κ3) is 7.02. The number of carbonyl (C=O) groups excluding carboxylic acids is 1. The van der Waals surface area contributed by atoms with Gasteiger partial charge in [-0.05, 0) is 38.3 Å². The Morgan fingerprint density at radius 1 is 1.18 bits per heavy atom. The van der Waals surface area contributed by atoms with Gasteiger partial charge in [-0.15, -0.1) is 0 Å². The molecule has 5 N–H and O–H groups in total. The van der Waals surface area contributed by atoms with Gasteiger partial charge in [-0.3, -0.25) is 14.4 Å². The Kier molecular flexibility index (Phi) is 8.84. The van der Waals surface area contributed by atoms with Crippen molar-refractivity contribution in [3.05, 3.63) is 60.2 Å². The highest BCUT2D eigenvalue weighted by Crippen LogP contribution is 2.33. The molecule has 234 valence electrons. The second kappa shape index (κ2) is 13.3. The summed E-state index contributed by atoms with van der Waals surface area (Å²) in [5.74, 6) is 1.97. The maximum Gasteiger partial charge on any atom is 0.238 e. The molecule has 0 bridgehead atoms. The molecule has 14 heteroatoms. The quantitative estimate of drug-likeness (QED) is 0.131. The molecule has 5 heterocycles. The number of aryl methyl sites for hydroxylation is 3. The monoisotopic (exact) mass is 611 g/mol. The average molecular weight is 612 g/mol. The van der Waals surface area contributed by atoms with Gasteiger partial charge in [-0.2, -0.15) is 10.1 Å². The zero-order valence-corrected chi connectivity index (χ0v) is 25.5. The van der Waals surface area contributed by atoms with Crippen LogP contribution in [0.4, 0.5) is 23.4 Å². The number of para-hydroxylation sites is 1. The van der Waals surface area contributed by atoms with Crippen molar-refractivity contribution >= 4 is 40.2 Å². The number of anilines is 4. The molecule has 1 aliphatic rings. The van der Waals surface area contributed by atoms with Crippen molar-refractivity contribution in [2.75, 3.05) is 48.7 Å². The van der Waals surface area contributed by atoms with Crippen molar-refractivity contribution in [2.45, 2.75) is 32.8 Å². The molecule has 0 spiro atoms. The first kappa shape index (κ1) is 30.0. The van der Waals surface area contributed by atoms with Gasteiger partial charge in [0, 0.05) is 80.7 Å². The largest absolute Gasteiger partial charge is 0.473 e. The molecule has 0 radical (unpaired) electrons. The number of nitrogens with one attached hydrogen (secondary N) is 4. The molecule has 5 aromatic rings. The van der Waals surface area contributed by atoms with Crippen LogP contribution >= 0.6 is 0 Å². The van der Waals surface area contributed by atoms with E-state index in [1.54, 1.807) is 23.1 Å². The second-order valence-electron chi connectivity index (χ2n) is 11.1. The smallest absolute Gasteiger partial charge is 0.238 e. The summed E-state index contributed by atoms with van der Waals surface area (Å²) >= 11 is 0. The number of likely N-dealkylation sites (tertiary alicyclic amines) is 1. The van der Waals surface area contributed by atoms with Crippen molar-refractivity contribution in [1.82, 2.24) is 39.6 Å². The number of benzene rings is 1. The molecular formula is C31H37N11O3. The molecule has 14 nitrogen and oxygen atoms in total. The third-order valence-corrected chi connectivity index (χ3v) is 7.70. The number of aromatic amines is 1. The number of rotatable bonds is 12. The maximum atomic E-state index is 13.1. The lowest BCUT2D eigenvalue weighted by atomic mass is 10.1. The number of hydrogen-bond donors (Lipinski definition) is 5. The van der Waals surface area contributed by atoms with E-state index >= 15 is 0 Å². The molecule has 1 fully saturated rings. The number of amides is 1. The van der Waals surface area contributed by atoms with Gasteiger partial charge in [0.05, 0.1) is 23.4 Å². The van der Waals surface area contributed by atoms with Gasteiger partial charge < -0.3 is 30.8 Å². The number of aromatic nitrogens is 7. The predicted octanol–water partition coefficient (Wildman–Crippen LogP) is 3.39. The van der Waals surface area contributed by atoms with Crippen molar-refractivity contribution in [1.29, 1.82) is 0 Å². The highest BCUT2D eigenvalue weighted by molar-refractivity contribution is 6.06. The highest BCUT2D eigenvalue weighted by Gasteiger charge is 2.26. The fourth-order valence-electron chi connectivity index (χ4n) is 5.34. The molecule has 1 amide bonds. The van der Waals surface area contributed by atoms with E-state index in [1.165, 1.54) is 0 Å². The van der Waals surface area contributed by atoms with Crippen LogP contribution in [-0.4, -0.2) is 89.5 Å². The number of aliphatic hydroxyl groups excluding tert-OH is 1. The van der Waals surface area contributed by atoms with E-state index in [2.05, 4.69) is 45.9 Å². The van der Waals surface area contributed by atoms with Crippen LogP contribution in [0.2, 0.25) is 0 Å². The molecule has 1 saturated heterocycles. The maximum absolute atomic E-state index is 13.1. The number of H-pyrrole nitrogens is 1. The SMILES string of the molecule is Cc1cnc(Nc2cc(C)n(C)n2)nc1-c1c[nH]c2c(NC(=O)CN3CCC(Oc4ccnc(NCCCO)n4)C3)cccc12. The molecule has 0 aliphatic carbocycles. The predicted molar refractivity (Wildman–Crippen MR) is 172 cm³/mol. The minimum Gasteiger partial charge on any atom is -0.473 e. The summed E-state index contributed by atoms with van der Waals surface area (Å²) in [5.41, 5.74) is 5.17. The number of hydrogen-bond acceptors (Lipinski definition) is 11. The number of aliphatic hydroxyl groups is 1. The lowest BCUT2D eigenvalue weighted by molar-refractivity contribution is -0.117. The second-order valence-corrected chi connectivity index (χ2v) is 11.1. The average Bonchev–Trinajstić information content (AvgIpc) is 3.73. The Morgan fingerprint density at radius 2 is 2.07 bits per heavy atom. The zero-order chi connectivity index (χ0) is 31.3. The summed E-state index contributed by atoms with van der Waals surface area (Å²) in [6.45, 7) is 6.23. The molecule has 0 saturated carbocycles. The van der Waals surface area contributed by atoms with E-state index < -0.39 is 0 Å². The fraction of sp³-hybridized carbons (Fsp3) is 0.355. The van der Waals surface area contributed by atoms with Gasteiger partial charge in [-0.1, -0.05) is 12.1 Å².